The van der Waals surface area contributed by atoms with E-state index in [1.54, 1.807) is 0 Å². The lowest BCUT2D eigenvalue weighted by molar-refractivity contribution is 0.516. The second-order valence-corrected chi connectivity index (χ2v) is 4.10. The summed E-state index contributed by atoms with van der Waals surface area (Å²) in [7, 11) is 0. The van der Waals surface area contributed by atoms with Crippen LogP contribution in [0.25, 0.3) is 11.0 Å². The monoisotopic (exact) mass is 241 g/mol. The maximum atomic E-state index is 13.2. The van der Waals surface area contributed by atoms with Crippen LogP contribution in [0, 0.1) is 12.7 Å². The summed E-state index contributed by atoms with van der Waals surface area (Å²) in [6.07, 6.45) is 0. The third kappa shape index (κ3) is 1.93. The van der Waals surface area contributed by atoms with Crippen molar-refractivity contribution in [2.24, 2.45) is 0 Å². The quantitative estimate of drug-likeness (QED) is 0.888. The Kier molecular flexibility index (Phi) is 3.17. The summed E-state index contributed by atoms with van der Waals surface area (Å²) in [5.41, 5.74) is 1.51. The largest absolute Gasteiger partial charge is 0.458 e. The molecule has 4 heteroatoms. The van der Waals surface area contributed by atoms with Gasteiger partial charge in [-0.25, -0.2) is 4.39 Å². The van der Waals surface area contributed by atoms with E-state index in [9.17, 15) is 4.39 Å². The highest BCUT2D eigenvalue weighted by Gasteiger charge is 2.13. The summed E-state index contributed by atoms with van der Waals surface area (Å²) in [6, 6.07) is 2.72. The molecule has 0 aliphatic carbocycles. The smallest absolute Gasteiger partial charge is 0.153 e. The fourth-order valence-electron chi connectivity index (χ4n) is 1.70. The maximum Gasteiger partial charge on any atom is 0.153 e. The minimum Gasteiger partial charge on any atom is -0.458 e. The molecular weight excluding hydrogens is 229 g/mol. The van der Waals surface area contributed by atoms with Gasteiger partial charge in [-0.2, -0.15) is 0 Å². The van der Waals surface area contributed by atoms with Crippen molar-refractivity contribution >= 4 is 22.6 Å². The third-order valence-corrected chi connectivity index (χ3v) is 2.87. The van der Waals surface area contributed by atoms with Crippen molar-refractivity contribution in [3.05, 3.63) is 34.3 Å². The Labute approximate surface area is 98.4 Å². The highest BCUT2D eigenvalue weighted by atomic mass is 35.5. The summed E-state index contributed by atoms with van der Waals surface area (Å²) in [4.78, 5) is 0. The molecule has 0 amide bonds. The lowest BCUT2D eigenvalue weighted by Crippen LogP contribution is -2.11. The fourth-order valence-corrected chi connectivity index (χ4v) is 1.94. The Morgan fingerprint density at radius 2 is 2.19 bits per heavy atom. The standard InChI is InChI=1S/C12H13ClFNO/c1-3-15-6-11-7(2)9-4-8(14)5-10(13)12(9)16-11/h4-5,15H,3,6H2,1-2H3. The van der Waals surface area contributed by atoms with Gasteiger partial charge >= 0.3 is 0 Å². The van der Waals surface area contributed by atoms with E-state index < -0.39 is 0 Å². The van der Waals surface area contributed by atoms with Gasteiger partial charge in [0.25, 0.3) is 0 Å². The second-order valence-electron chi connectivity index (χ2n) is 3.69. The van der Waals surface area contributed by atoms with Crippen LogP contribution in [-0.2, 0) is 6.54 Å². The molecule has 2 rings (SSSR count). The van der Waals surface area contributed by atoms with Gasteiger partial charge in [0, 0.05) is 5.39 Å². The number of nitrogens with one attached hydrogen (secondary N) is 1. The molecule has 0 atom stereocenters. The van der Waals surface area contributed by atoms with Crippen molar-refractivity contribution in [2.75, 3.05) is 6.54 Å². The van der Waals surface area contributed by atoms with Crippen molar-refractivity contribution in [3.8, 4) is 0 Å². The van der Waals surface area contributed by atoms with E-state index in [4.69, 9.17) is 16.0 Å². The molecule has 2 nitrogen and oxygen atoms in total. The van der Waals surface area contributed by atoms with Crippen molar-refractivity contribution in [2.45, 2.75) is 20.4 Å². The van der Waals surface area contributed by atoms with Gasteiger partial charge in [0.1, 0.15) is 11.6 Å². The fraction of sp³-hybridized carbons (Fsp3) is 0.333. The number of hydrogen-bond donors (Lipinski definition) is 1. The lowest BCUT2D eigenvalue weighted by Gasteiger charge is -1.97. The molecule has 1 heterocycles. The molecule has 16 heavy (non-hydrogen) atoms. The highest BCUT2D eigenvalue weighted by Crippen LogP contribution is 2.31. The number of halogens is 2. The van der Waals surface area contributed by atoms with E-state index in [0.29, 0.717) is 17.2 Å². The van der Waals surface area contributed by atoms with E-state index in [1.165, 1.54) is 12.1 Å². The van der Waals surface area contributed by atoms with E-state index in [1.807, 2.05) is 13.8 Å². The van der Waals surface area contributed by atoms with E-state index in [0.717, 1.165) is 23.3 Å². The summed E-state index contributed by atoms with van der Waals surface area (Å²) in [5.74, 6) is 0.473. The molecule has 0 radical (unpaired) electrons. The minimum atomic E-state index is -0.337. The first kappa shape index (κ1) is 11.4. The maximum absolute atomic E-state index is 13.2. The van der Waals surface area contributed by atoms with Gasteiger partial charge in [-0.1, -0.05) is 18.5 Å². The topological polar surface area (TPSA) is 25.2 Å². The predicted octanol–water partition coefficient (Wildman–Crippen LogP) is 3.64. The Hall–Kier alpha value is -1.06. The van der Waals surface area contributed by atoms with E-state index in [-0.39, 0.29) is 5.82 Å². The molecule has 0 fully saturated rings. The first-order valence-electron chi connectivity index (χ1n) is 5.21. The summed E-state index contributed by atoms with van der Waals surface area (Å²) >= 11 is 5.93. The van der Waals surface area contributed by atoms with Gasteiger partial charge in [0.05, 0.1) is 11.6 Å². The number of benzene rings is 1. The zero-order valence-electron chi connectivity index (χ0n) is 9.23. The molecule has 0 aliphatic rings. The van der Waals surface area contributed by atoms with Crippen molar-refractivity contribution < 1.29 is 8.81 Å². The number of furan rings is 1. The normalized spacial score (nSPS) is 11.2. The van der Waals surface area contributed by atoms with Crippen LogP contribution in [0.1, 0.15) is 18.2 Å². The Bertz CT molecular complexity index is 521. The van der Waals surface area contributed by atoms with Crippen molar-refractivity contribution in [1.29, 1.82) is 0 Å². The van der Waals surface area contributed by atoms with Crippen LogP contribution in [-0.4, -0.2) is 6.54 Å². The zero-order valence-corrected chi connectivity index (χ0v) is 9.99. The molecule has 86 valence electrons. The van der Waals surface area contributed by atoms with Gasteiger partial charge in [-0.15, -0.1) is 0 Å². The molecule has 0 unspecified atom stereocenters. The number of hydrogen-bond acceptors (Lipinski definition) is 2. The predicted molar refractivity (Wildman–Crippen MR) is 63.3 cm³/mol. The van der Waals surface area contributed by atoms with Gasteiger partial charge < -0.3 is 9.73 Å². The average Bonchev–Trinajstić information content (AvgIpc) is 2.54. The summed E-state index contributed by atoms with van der Waals surface area (Å²) in [6.45, 7) is 5.42. The Balaban J connectivity index is 2.54. The molecule has 1 aromatic heterocycles. The van der Waals surface area contributed by atoms with Crippen LogP contribution in [0.2, 0.25) is 5.02 Å². The molecule has 0 saturated heterocycles. The SMILES string of the molecule is CCNCc1oc2c(Cl)cc(F)cc2c1C. The van der Waals surface area contributed by atoms with Gasteiger partial charge in [0.2, 0.25) is 0 Å². The van der Waals surface area contributed by atoms with Crippen LogP contribution >= 0.6 is 11.6 Å². The summed E-state index contributed by atoms with van der Waals surface area (Å²) in [5, 5.41) is 4.24. The molecule has 1 aromatic carbocycles. The minimum absolute atomic E-state index is 0.320. The van der Waals surface area contributed by atoms with Crippen molar-refractivity contribution in [3.63, 3.8) is 0 Å². The van der Waals surface area contributed by atoms with E-state index >= 15 is 0 Å². The number of rotatable bonds is 3. The number of fused-ring (bicyclic) bond motifs is 1. The van der Waals surface area contributed by atoms with Gasteiger partial charge in [-0.05, 0) is 31.2 Å². The first-order valence-corrected chi connectivity index (χ1v) is 5.59. The van der Waals surface area contributed by atoms with Crippen LogP contribution < -0.4 is 5.32 Å². The van der Waals surface area contributed by atoms with Crippen LogP contribution in [0.15, 0.2) is 16.5 Å². The van der Waals surface area contributed by atoms with Crippen molar-refractivity contribution in [1.82, 2.24) is 5.32 Å². The first-order chi connectivity index (χ1) is 7.63. The molecular formula is C12H13ClFNO. The van der Waals surface area contributed by atoms with Gasteiger partial charge in [0.15, 0.2) is 5.58 Å². The molecule has 2 aromatic rings. The molecule has 0 bridgehead atoms. The molecule has 0 saturated carbocycles. The van der Waals surface area contributed by atoms with Crippen LogP contribution in [0.3, 0.4) is 0 Å². The molecule has 0 aliphatic heterocycles. The third-order valence-electron chi connectivity index (χ3n) is 2.59. The highest BCUT2D eigenvalue weighted by molar-refractivity contribution is 6.34. The average molecular weight is 242 g/mol. The second kappa shape index (κ2) is 4.44. The van der Waals surface area contributed by atoms with Crippen LogP contribution in [0.5, 0.6) is 0 Å². The molecule has 0 spiro atoms. The Morgan fingerprint density at radius 3 is 2.88 bits per heavy atom. The van der Waals surface area contributed by atoms with Gasteiger partial charge in [-0.3, -0.25) is 0 Å². The molecule has 1 N–H and O–H groups in total. The summed E-state index contributed by atoms with van der Waals surface area (Å²) < 4.78 is 18.8. The number of aryl methyl sites for hydroxylation is 1. The Morgan fingerprint density at radius 1 is 1.44 bits per heavy atom. The van der Waals surface area contributed by atoms with Crippen LogP contribution in [0.4, 0.5) is 4.39 Å². The zero-order chi connectivity index (χ0) is 11.7. The lowest BCUT2D eigenvalue weighted by atomic mass is 10.1. The van der Waals surface area contributed by atoms with E-state index in [2.05, 4.69) is 5.32 Å².